The zero-order valence-corrected chi connectivity index (χ0v) is 13.9. The molecule has 6 heteroatoms. The van der Waals surface area contributed by atoms with Crippen LogP contribution in [0.1, 0.15) is 12.8 Å². The monoisotopic (exact) mass is 351 g/mol. The van der Waals surface area contributed by atoms with Crippen LogP contribution in [0, 0.1) is 0 Å². The molecule has 0 radical (unpaired) electrons. The molecule has 0 spiro atoms. The molecular weight excluding hydrogens is 334 g/mol. The standard InChI is InChI=1S/C20H17NO5/c22-19-15-9-8-14(26-20(23)16-7-4-10-21-16)11-17(15)24-12-18(19)25-13-5-2-1-3-6-13/h1-3,5-6,8-9,11-12,16,21H,4,7,10H2/t16-/m1/s1. The van der Waals surface area contributed by atoms with Gasteiger partial charge in [0, 0.05) is 6.07 Å². The van der Waals surface area contributed by atoms with Crippen LogP contribution in [0.15, 0.2) is 64.0 Å². The fourth-order valence-electron chi connectivity index (χ4n) is 2.91. The number of para-hydroxylation sites is 1. The molecule has 1 aliphatic rings. The number of fused-ring (bicyclic) bond motifs is 1. The van der Waals surface area contributed by atoms with Crippen molar-refractivity contribution in [3.05, 3.63) is 65.0 Å². The predicted octanol–water partition coefficient (Wildman–Crippen LogP) is 3.24. The average Bonchev–Trinajstić information content (AvgIpc) is 3.20. The number of hydrogen-bond acceptors (Lipinski definition) is 6. The molecule has 2 aromatic carbocycles. The smallest absolute Gasteiger partial charge is 0.328 e. The predicted molar refractivity (Wildman–Crippen MR) is 95.7 cm³/mol. The second-order valence-electron chi connectivity index (χ2n) is 6.07. The Labute approximate surface area is 149 Å². The summed E-state index contributed by atoms with van der Waals surface area (Å²) in [7, 11) is 0. The zero-order valence-electron chi connectivity index (χ0n) is 13.9. The van der Waals surface area contributed by atoms with Crippen LogP contribution in [0.4, 0.5) is 0 Å². The van der Waals surface area contributed by atoms with E-state index in [0.717, 1.165) is 19.4 Å². The van der Waals surface area contributed by atoms with E-state index in [0.29, 0.717) is 22.5 Å². The molecule has 0 aliphatic carbocycles. The average molecular weight is 351 g/mol. The quantitative estimate of drug-likeness (QED) is 0.574. The lowest BCUT2D eigenvalue weighted by Gasteiger charge is -2.10. The SMILES string of the molecule is O=C(Oc1ccc2c(=O)c(Oc3ccccc3)coc2c1)[C@H]1CCCN1. The van der Waals surface area contributed by atoms with Crippen LogP contribution in [-0.4, -0.2) is 18.6 Å². The summed E-state index contributed by atoms with van der Waals surface area (Å²) >= 11 is 0. The molecule has 2 heterocycles. The van der Waals surface area contributed by atoms with E-state index in [2.05, 4.69) is 5.32 Å². The fraction of sp³-hybridized carbons (Fsp3) is 0.200. The van der Waals surface area contributed by atoms with Gasteiger partial charge < -0.3 is 19.2 Å². The molecule has 1 fully saturated rings. The Bertz CT molecular complexity index is 990. The van der Waals surface area contributed by atoms with Crippen molar-refractivity contribution in [3.8, 4) is 17.2 Å². The third-order valence-electron chi connectivity index (χ3n) is 4.25. The molecule has 132 valence electrons. The summed E-state index contributed by atoms with van der Waals surface area (Å²) < 4.78 is 16.5. The van der Waals surface area contributed by atoms with Gasteiger partial charge in [-0.05, 0) is 43.7 Å². The molecule has 1 N–H and O–H groups in total. The van der Waals surface area contributed by atoms with Gasteiger partial charge in [-0.2, -0.15) is 0 Å². The lowest BCUT2D eigenvalue weighted by molar-refractivity contribution is -0.136. The molecule has 26 heavy (non-hydrogen) atoms. The van der Waals surface area contributed by atoms with Gasteiger partial charge in [-0.25, -0.2) is 4.79 Å². The molecule has 3 aromatic rings. The van der Waals surface area contributed by atoms with Crippen molar-refractivity contribution in [1.29, 1.82) is 0 Å². The van der Waals surface area contributed by atoms with Crippen molar-refractivity contribution in [2.75, 3.05) is 6.54 Å². The molecule has 0 saturated carbocycles. The van der Waals surface area contributed by atoms with Crippen molar-refractivity contribution in [3.63, 3.8) is 0 Å². The van der Waals surface area contributed by atoms with E-state index in [-0.39, 0.29) is 23.2 Å². The normalized spacial score (nSPS) is 16.5. The summed E-state index contributed by atoms with van der Waals surface area (Å²) in [4.78, 5) is 24.7. The highest BCUT2D eigenvalue weighted by atomic mass is 16.5. The van der Waals surface area contributed by atoms with Gasteiger partial charge in [0.25, 0.3) is 0 Å². The van der Waals surface area contributed by atoms with Gasteiger partial charge in [0.1, 0.15) is 29.4 Å². The molecule has 0 unspecified atom stereocenters. The minimum absolute atomic E-state index is 0.101. The van der Waals surface area contributed by atoms with Gasteiger partial charge >= 0.3 is 5.97 Å². The van der Waals surface area contributed by atoms with Crippen LogP contribution in [0.3, 0.4) is 0 Å². The first kappa shape index (κ1) is 16.4. The van der Waals surface area contributed by atoms with Crippen LogP contribution >= 0.6 is 0 Å². The molecule has 6 nitrogen and oxygen atoms in total. The van der Waals surface area contributed by atoms with Crippen molar-refractivity contribution >= 4 is 16.9 Å². The molecule has 1 atom stereocenters. The highest BCUT2D eigenvalue weighted by Gasteiger charge is 2.24. The van der Waals surface area contributed by atoms with Gasteiger partial charge in [0.2, 0.25) is 11.2 Å². The highest BCUT2D eigenvalue weighted by Crippen LogP contribution is 2.24. The second kappa shape index (κ2) is 7.01. The number of benzene rings is 2. The van der Waals surface area contributed by atoms with Crippen LogP contribution in [0.2, 0.25) is 0 Å². The number of nitrogens with one attached hydrogen (secondary N) is 1. The second-order valence-corrected chi connectivity index (χ2v) is 6.07. The molecule has 1 aliphatic heterocycles. The van der Waals surface area contributed by atoms with E-state index in [1.54, 1.807) is 24.3 Å². The number of hydrogen-bond donors (Lipinski definition) is 1. The van der Waals surface area contributed by atoms with E-state index in [1.807, 2.05) is 18.2 Å². The first-order valence-electron chi connectivity index (χ1n) is 8.44. The third-order valence-corrected chi connectivity index (χ3v) is 4.25. The van der Waals surface area contributed by atoms with E-state index < -0.39 is 0 Å². The summed E-state index contributed by atoms with van der Waals surface area (Å²) in [6.07, 6.45) is 2.99. The molecule has 0 bridgehead atoms. The first-order valence-corrected chi connectivity index (χ1v) is 8.44. The summed E-state index contributed by atoms with van der Waals surface area (Å²) in [5.41, 5.74) is 0.0468. The van der Waals surface area contributed by atoms with E-state index in [9.17, 15) is 9.59 Å². The molecule has 0 amide bonds. The van der Waals surface area contributed by atoms with Crippen LogP contribution < -0.4 is 20.2 Å². The summed E-state index contributed by atoms with van der Waals surface area (Å²) in [5, 5.41) is 3.45. The van der Waals surface area contributed by atoms with Crippen molar-refractivity contribution in [2.45, 2.75) is 18.9 Å². The molecule has 4 rings (SSSR count). The molecular formula is C20H17NO5. The summed E-state index contributed by atoms with van der Waals surface area (Å²) in [6, 6.07) is 13.4. The Morgan fingerprint density at radius 2 is 1.96 bits per heavy atom. The summed E-state index contributed by atoms with van der Waals surface area (Å²) in [6.45, 7) is 0.816. The Morgan fingerprint density at radius 3 is 2.73 bits per heavy atom. The van der Waals surface area contributed by atoms with E-state index in [4.69, 9.17) is 13.9 Å². The fourth-order valence-corrected chi connectivity index (χ4v) is 2.91. The van der Waals surface area contributed by atoms with Crippen LogP contribution in [-0.2, 0) is 4.79 Å². The maximum absolute atomic E-state index is 12.6. The van der Waals surface area contributed by atoms with Gasteiger partial charge in [-0.3, -0.25) is 4.79 Å². The van der Waals surface area contributed by atoms with Crippen LogP contribution in [0.5, 0.6) is 17.2 Å². The lowest BCUT2D eigenvalue weighted by atomic mass is 10.2. The number of carbonyl (C=O) groups excluding carboxylic acids is 1. The van der Waals surface area contributed by atoms with Crippen molar-refractivity contribution in [2.24, 2.45) is 0 Å². The Kier molecular flexibility index (Phi) is 4.41. The number of ether oxygens (including phenoxy) is 2. The number of carbonyl (C=O) groups is 1. The third kappa shape index (κ3) is 3.32. The zero-order chi connectivity index (χ0) is 17.9. The van der Waals surface area contributed by atoms with E-state index >= 15 is 0 Å². The van der Waals surface area contributed by atoms with Gasteiger partial charge in [0.05, 0.1) is 5.39 Å². The summed E-state index contributed by atoms with van der Waals surface area (Å²) in [5.74, 6) is 0.668. The van der Waals surface area contributed by atoms with E-state index in [1.165, 1.54) is 12.3 Å². The molecule has 1 aromatic heterocycles. The van der Waals surface area contributed by atoms with Gasteiger partial charge in [-0.1, -0.05) is 18.2 Å². The minimum atomic E-state index is -0.326. The lowest BCUT2D eigenvalue weighted by Crippen LogP contribution is -2.34. The maximum atomic E-state index is 12.6. The van der Waals surface area contributed by atoms with Crippen molar-refractivity contribution in [1.82, 2.24) is 5.32 Å². The maximum Gasteiger partial charge on any atom is 0.328 e. The number of rotatable bonds is 4. The Balaban J connectivity index is 1.58. The topological polar surface area (TPSA) is 77.8 Å². The first-order chi connectivity index (χ1) is 12.7. The van der Waals surface area contributed by atoms with Gasteiger partial charge in [0.15, 0.2) is 0 Å². The Morgan fingerprint density at radius 1 is 1.12 bits per heavy atom. The minimum Gasteiger partial charge on any atom is -0.460 e. The van der Waals surface area contributed by atoms with Crippen molar-refractivity contribution < 1.29 is 18.7 Å². The largest absolute Gasteiger partial charge is 0.460 e. The van der Waals surface area contributed by atoms with Crippen LogP contribution in [0.25, 0.3) is 11.0 Å². The Hall–Kier alpha value is -3.12. The molecule has 1 saturated heterocycles. The van der Waals surface area contributed by atoms with Gasteiger partial charge in [-0.15, -0.1) is 0 Å². The highest BCUT2D eigenvalue weighted by molar-refractivity contribution is 5.82. The number of esters is 1.